The van der Waals surface area contributed by atoms with Crippen LogP contribution in [-0.4, -0.2) is 43.0 Å². The van der Waals surface area contributed by atoms with Crippen molar-refractivity contribution in [2.75, 3.05) is 26.9 Å². The zero-order valence-electron chi connectivity index (χ0n) is 20.1. The lowest BCUT2D eigenvalue weighted by atomic mass is 9.98. The fourth-order valence-electron chi connectivity index (χ4n) is 4.21. The fraction of sp³-hybridized carbons (Fsp3) is 0.407. The van der Waals surface area contributed by atoms with Crippen LogP contribution in [0.5, 0.6) is 23.1 Å². The summed E-state index contributed by atoms with van der Waals surface area (Å²) in [6.45, 7) is 3.74. The molecule has 1 heterocycles. The first-order valence-electron chi connectivity index (χ1n) is 11.9. The van der Waals surface area contributed by atoms with Gasteiger partial charge in [0.2, 0.25) is 5.88 Å². The van der Waals surface area contributed by atoms with Crippen LogP contribution in [0, 0.1) is 0 Å². The van der Waals surface area contributed by atoms with Crippen molar-refractivity contribution in [1.82, 2.24) is 4.98 Å². The molecule has 186 valence electrons. The minimum absolute atomic E-state index is 0.110. The van der Waals surface area contributed by atoms with Crippen molar-refractivity contribution in [2.24, 2.45) is 0 Å². The number of methoxy groups -OCH3 is 1. The third-order valence-corrected chi connectivity index (χ3v) is 6.77. The number of ether oxygens (including phenoxy) is 4. The third-order valence-electron chi connectivity index (χ3n) is 5.90. The molecule has 1 aliphatic rings. The van der Waals surface area contributed by atoms with E-state index in [1.165, 1.54) is 16.9 Å². The zero-order valence-corrected chi connectivity index (χ0v) is 20.9. The molecule has 1 N–H and O–H groups in total. The van der Waals surface area contributed by atoms with Gasteiger partial charge in [0.25, 0.3) is 0 Å². The molecule has 8 heteroatoms. The number of aryl methyl sites for hydroxylation is 1. The Bertz CT molecular complexity index is 1140. The van der Waals surface area contributed by atoms with Gasteiger partial charge in [-0.2, -0.15) is 0 Å². The molecular formula is C27H31NO6S. The lowest BCUT2D eigenvalue weighted by Gasteiger charge is -2.13. The standard InChI is InChI=1S/C27H31NO6S/c1-3-11-34-25-17-35-27(28-25)20-7-10-23(24(15-20)31-2)33-13-4-12-32-21-8-9-22-18(14-21)5-6-19(22)16-26(29)30/h7-10,14-15,17,19H,3-6,11-13,16H2,1-2H3,(H,29,30)/t19-/m0/s1. The van der Waals surface area contributed by atoms with Gasteiger partial charge in [0, 0.05) is 12.0 Å². The molecule has 1 atom stereocenters. The van der Waals surface area contributed by atoms with Gasteiger partial charge in [0.1, 0.15) is 10.8 Å². The fourth-order valence-corrected chi connectivity index (χ4v) is 4.95. The Morgan fingerprint density at radius 1 is 1.09 bits per heavy atom. The molecule has 2 aromatic carbocycles. The maximum atomic E-state index is 11.0. The number of carboxylic acids is 1. The highest BCUT2D eigenvalue weighted by Crippen LogP contribution is 2.37. The van der Waals surface area contributed by atoms with E-state index in [9.17, 15) is 4.79 Å². The predicted molar refractivity (Wildman–Crippen MR) is 135 cm³/mol. The Labute approximate surface area is 209 Å². The highest BCUT2D eigenvalue weighted by Gasteiger charge is 2.24. The quantitative estimate of drug-likeness (QED) is 0.292. The number of fused-ring (bicyclic) bond motifs is 1. The minimum Gasteiger partial charge on any atom is -0.493 e. The number of benzene rings is 2. The lowest BCUT2D eigenvalue weighted by molar-refractivity contribution is -0.137. The van der Waals surface area contributed by atoms with Gasteiger partial charge in [-0.05, 0) is 66.6 Å². The number of hydrogen-bond acceptors (Lipinski definition) is 7. The van der Waals surface area contributed by atoms with E-state index < -0.39 is 5.97 Å². The number of carbonyl (C=O) groups is 1. The van der Waals surface area contributed by atoms with Gasteiger partial charge >= 0.3 is 5.97 Å². The van der Waals surface area contributed by atoms with Gasteiger partial charge in [0.05, 0.1) is 38.7 Å². The zero-order chi connectivity index (χ0) is 24.6. The Morgan fingerprint density at radius 2 is 1.94 bits per heavy atom. The van der Waals surface area contributed by atoms with Gasteiger partial charge in [-0.3, -0.25) is 4.79 Å². The van der Waals surface area contributed by atoms with Crippen LogP contribution >= 0.6 is 11.3 Å². The molecule has 1 aromatic heterocycles. The van der Waals surface area contributed by atoms with Crippen molar-refractivity contribution in [3.05, 3.63) is 52.9 Å². The van der Waals surface area contributed by atoms with Crippen LogP contribution in [0.2, 0.25) is 0 Å². The van der Waals surface area contributed by atoms with Gasteiger partial charge in [-0.15, -0.1) is 11.3 Å². The summed E-state index contributed by atoms with van der Waals surface area (Å²) in [7, 11) is 1.63. The lowest BCUT2D eigenvalue weighted by Crippen LogP contribution is -2.06. The van der Waals surface area contributed by atoms with Crippen molar-refractivity contribution in [3.63, 3.8) is 0 Å². The molecule has 0 unspecified atom stereocenters. The number of thiazole rings is 1. The summed E-state index contributed by atoms with van der Waals surface area (Å²) in [4.78, 5) is 15.6. The summed E-state index contributed by atoms with van der Waals surface area (Å²) in [6, 6.07) is 11.8. The van der Waals surface area contributed by atoms with E-state index in [-0.39, 0.29) is 12.3 Å². The second-order valence-electron chi connectivity index (χ2n) is 8.45. The molecule has 3 aromatic rings. The Morgan fingerprint density at radius 3 is 2.74 bits per heavy atom. The second kappa shape index (κ2) is 11.9. The highest BCUT2D eigenvalue weighted by molar-refractivity contribution is 7.13. The number of aromatic nitrogens is 1. The van der Waals surface area contributed by atoms with Gasteiger partial charge in [0.15, 0.2) is 11.5 Å². The topological polar surface area (TPSA) is 87.1 Å². The van der Waals surface area contributed by atoms with Gasteiger partial charge in [-0.1, -0.05) is 13.0 Å². The molecule has 7 nitrogen and oxygen atoms in total. The van der Waals surface area contributed by atoms with E-state index in [4.69, 9.17) is 24.1 Å². The molecule has 0 fully saturated rings. The first-order chi connectivity index (χ1) is 17.1. The SMILES string of the molecule is CCCOc1csc(-c2ccc(OCCCOc3ccc4c(c3)CC[C@H]4CC(=O)O)c(OC)c2)n1. The highest BCUT2D eigenvalue weighted by atomic mass is 32.1. The monoisotopic (exact) mass is 497 g/mol. The van der Waals surface area contributed by atoms with Gasteiger partial charge in [-0.25, -0.2) is 4.98 Å². The molecule has 35 heavy (non-hydrogen) atoms. The second-order valence-corrected chi connectivity index (χ2v) is 9.31. The largest absolute Gasteiger partial charge is 0.493 e. The number of aliphatic carboxylic acids is 1. The van der Waals surface area contributed by atoms with Crippen molar-refractivity contribution >= 4 is 17.3 Å². The average molecular weight is 498 g/mol. The predicted octanol–water partition coefficient (Wildman–Crippen LogP) is 5.96. The summed E-state index contributed by atoms with van der Waals surface area (Å²) >= 11 is 1.54. The van der Waals surface area contributed by atoms with Crippen LogP contribution in [-0.2, 0) is 11.2 Å². The average Bonchev–Trinajstić information content (AvgIpc) is 3.49. The number of carboxylic acid groups (broad SMARTS) is 1. The molecule has 0 saturated carbocycles. The molecule has 0 radical (unpaired) electrons. The summed E-state index contributed by atoms with van der Waals surface area (Å²) in [5, 5.41) is 11.9. The van der Waals surface area contributed by atoms with Gasteiger partial charge < -0.3 is 24.1 Å². The van der Waals surface area contributed by atoms with E-state index in [1.807, 2.05) is 41.8 Å². The number of hydrogen-bond donors (Lipinski definition) is 1. The smallest absolute Gasteiger partial charge is 0.303 e. The van der Waals surface area contributed by atoms with Crippen LogP contribution in [0.1, 0.15) is 49.7 Å². The summed E-state index contributed by atoms with van der Waals surface area (Å²) in [5.41, 5.74) is 3.29. The van der Waals surface area contributed by atoms with Crippen molar-refractivity contribution < 1.29 is 28.8 Å². The van der Waals surface area contributed by atoms with Crippen molar-refractivity contribution in [2.45, 2.75) is 44.9 Å². The number of rotatable bonds is 13. The Balaban J connectivity index is 1.26. The molecule has 0 amide bonds. The molecule has 4 rings (SSSR count). The van der Waals surface area contributed by atoms with Crippen LogP contribution in [0.25, 0.3) is 10.6 Å². The molecule has 0 bridgehead atoms. The summed E-state index contributed by atoms with van der Waals surface area (Å²) in [6.07, 6.45) is 3.63. The van der Waals surface area contributed by atoms with Crippen molar-refractivity contribution in [3.8, 4) is 33.7 Å². The van der Waals surface area contributed by atoms with E-state index in [1.54, 1.807) is 7.11 Å². The third kappa shape index (κ3) is 6.45. The first-order valence-corrected chi connectivity index (χ1v) is 12.8. The number of nitrogens with zero attached hydrogens (tertiary/aromatic N) is 1. The summed E-state index contributed by atoms with van der Waals surface area (Å²) < 4.78 is 23.0. The maximum absolute atomic E-state index is 11.0. The van der Waals surface area contributed by atoms with E-state index in [2.05, 4.69) is 11.9 Å². The van der Waals surface area contributed by atoms with Crippen LogP contribution in [0.15, 0.2) is 41.8 Å². The Kier molecular flexibility index (Phi) is 8.47. The minimum atomic E-state index is -0.746. The molecule has 0 aliphatic heterocycles. The van der Waals surface area contributed by atoms with E-state index >= 15 is 0 Å². The van der Waals surface area contributed by atoms with E-state index in [0.717, 1.165) is 41.1 Å². The van der Waals surface area contributed by atoms with Crippen LogP contribution in [0.3, 0.4) is 0 Å². The van der Waals surface area contributed by atoms with Crippen LogP contribution < -0.4 is 18.9 Å². The molecular weight excluding hydrogens is 466 g/mol. The Hall–Kier alpha value is -3.26. The van der Waals surface area contributed by atoms with Crippen LogP contribution in [0.4, 0.5) is 0 Å². The van der Waals surface area contributed by atoms with E-state index in [0.29, 0.717) is 43.6 Å². The van der Waals surface area contributed by atoms with Crippen molar-refractivity contribution in [1.29, 1.82) is 0 Å². The molecule has 0 spiro atoms. The summed E-state index contributed by atoms with van der Waals surface area (Å²) in [5.74, 6) is 2.16. The molecule has 1 aliphatic carbocycles. The normalized spacial score (nSPS) is 14.4. The maximum Gasteiger partial charge on any atom is 0.303 e. The molecule has 0 saturated heterocycles. The first kappa shape index (κ1) is 24.9.